The number of aryl methyl sites for hydroxylation is 1. The van der Waals surface area contributed by atoms with Crippen LogP contribution in [0.15, 0.2) is 36.4 Å². The first-order chi connectivity index (χ1) is 17.7. The second-order valence-corrected chi connectivity index (χ2v) is 9.93. The second kappa shape index (κ2) is 11.5. The van der Waals surface area contributed by atoms with Crippen LogP contribution in [0.3, 0.4) is 0 Å². The van der Waals surface area contributed by atoms with E-state index < -0.39 is 7.82 Å². The first kappa shape index (κ1) is 26.8. The molecule has 4 aromatic rings. The largest absolute Gasteiger partial charge is 0.524 e. The number of pyridine rings is 1. The Labute approximate surface area is 214 Å². The number of phosphoric acid groups is 1. The summed E-state index contributed by atoms with van der Waals surface area (Å²) in [6.07, 6.45) is 3.17. The Morgan fingerprint density at radius 3 is 2.65 bits per heavy atom. The number of phosphoric ester groups is 1. The Kier molecular flexibility index (Phi) is 8.31. The van der Waals surface area contributed by atoms with Gasteiger partial charge in [0.25, 0.3) is 0 Å². The molecule has 0 atom stereocenters. The van der Waals surface area contributed by atoms with E-state index in [0.29, 0.717) is 55.0 Å². The minimum atomic E-state index is -4.91. The highest BCUT2D eigenvalue weighted by molar-refractivity contribution is 7.46. The number of para-hydroxylation sites is 1. The lowest BCUT2D eigenvalue weighted by Gasteiger charge is -2.16. The third kappa shape index (κ3) is 6.20. The van der Waals surface area contributed by atoms with Gasteiger partial charge in [0.15, 0.2) is 17.3 Å². The quantitative estimate of drug-likeness (QED) is 0.135. The molecule has 0 aliphatic rings. The Balaban J connectivity index is 1.88. The highest BCUT2D eigenvalue weighted by atomic mass is 31.2. The topological polar surface area (TPSA) is 179 Å². The molecule has 2 aromatic heterocycles. The van der Waals surface area contributed by atoms with Crippen LogP contribution in [0.4, 0.5) is 5.82 Å². The second-order valence-electron chi connectivity index (χ2n) is 8.76. The summed E-state index contributed by atoms with van der Waals surface area (Å²) < 4.78 is 24.0. The fourth-order valence-corrected chi connectivity index (χ4v) is 4.77. The number of hydrogen-bond acceptors (Lipinski definition) is 8. The van der Waals surface area contributed by atoms with Crippen molar-refractivity contribution in [2.75, 3.05) is 25.5 Å². The van der Waals surface area contributed by atoms with Crippen LogP contribution in [0.25, 0.3) is 21.9 Å². The van der Waals surface area contributed by atoms with Crippen LogP contribution >= 0.6 is 7.82 Å². The molecule has 2 heterocycles. The molecule has 2 aromatic carbocycles. The first-order valence-electron chi connectivity index (χ1n) is 12.1. The number of nitrogen functional groups attached to an aromatic ring is 1. The number of anilines is 1. The normalized spacial score (nSPS) is 12.0. The summed E-state index contributed by atoms with van der Waals surface area (Å²) in [5, 5.41) is 11.2. The maximum absolute atomic E-state index is 11.6. The van der Waals surface area contributed by atoms with E-state index in [1.54, 1.807) is 12.1 Å². The number of nitrogens with zero attached hydrogens (tertiary/aromatic N) is 3. The zero-order valence-electron chi connectivity index (χ0n) is 20.6. The fraction of sp³-hybridized carbons (Fsp3) is 0.360. The molecule has 11 nitrogen and oxygen atoms in total. The predicted molar refractivity (Wildman–Crippen MR) is 142 cm³/mol. The zero-order valence-corrected chi connectivity index (χ0v) is 21.5. The van der Waals surface area contributed by atoms with E-state index in [9.17, 15) is 19.5 Å². The Bertz CT molecular complexity index is 1450. The molecule has 0 saturated heterocycles. The number of benzene rings is 2. The van der Waals surface area contributed by atoms with Crippen molar-refractivity contribution in [3.63, 3.8) is 0 Å². The van der Waals surface area contributed by atoms with Gasteiger partial charge >= 0.3 is 7.82 Å². The number of unbranched alkanes of at least 4 members (excludes halogenated alkanes) is 1. The maximum atomic E-state index is 11.6. The van der Waals surface area contributed by atoms with Gasteiger partial charge < -0.3 is 30.4 Å². The number of phenols is 1. The molecule has 0 fully saturated rings. The van der Waals surface area contributed by atoms with Crippen LogP contribution in [0.1, 0.15) is 36.7 Å². The molecule has 37 heavy (non-hydrogen) atoms. The molecule has 0 unspecified atom stereocenters. The van der Waals surface area contributed by atoms with E-state index >= 15 is 0 Å². The minimum Gasteiger partial charge on any atom is -0.504 e. The lowest BCUT2D eigenvalue weighted by Crippen LogP contribution is -2.10. The van der Waals surface area contributed by atoms with E-state index in [2.05, 4.69) is 11.9 Å². The number of ether oxygens (including phenoxy) is 1. The van der Waals surface area contributed by atoms with Crippen molar-refractivity contribution in [3.05, 3.63) is 53.3 Å². The average molecular weight is 530 g/mol. The monoisotopic (exact) mass is 529 g/mol. The molecule has 0 radical (unpaired) electrons. The van der Waals surface area contributed by atoms with Crippen molar-refractivity contribution in [2.45, 2.75) is 39.2 Å². The lowest BCUT2D eigenvalue weighted by atomic mass is 10.1. The van der Waals surface area contributed by atoms with E-state index in [-0.39, 0.29) is 18.0 Å². The molecule has 0 saturated carbocycles. The molecule has 12 heteroatoms. The van der Waals surface area contributed by atoms with Crippen molar-refractivity contribution in [1.82, 2.24) is 14.5 Å². The van der Waals surface area contributed by atoms with Crippen molar-refractivity contribution < 1.29 is 28.7 Å². The Morgan fingerprint density at radius 2 is 1.92 bits per heavy atom. The van der Waals surface area contributed by atoms with Crippen LogP contribution in [0.5, 0.6) is 11.5 Å². The number of aromatic hydroxyl groups is 1. The van der Waals surface area contributed by atoms with Crippen LogP contribution in [-0.2, 0) is 28.7 Å². The average Bonchev–Trinajstić information content (AvgIpc) is 3.21. The van der Waals surface area contributed by atoms with Gasteiger partial charge in [-0.3, -0.25) is 9.79 Å². The van der Waals surface area contributed by atoms with Gasteiger partial charge in [0.2, 0.25) is 0 Å². The number of nitrogens with two attached hydrogens (primary N) is 2. The molecular formula is C25H32N5O6P. The summed E-state index contributed by atoms with van der Waals surface area (Å²) in [6, 6.07) is 10.5. The van der Waals surface area contributed by atoms with Gasteiger partial charge in [0.05, 0.1) is 30.8 Å². The molecule has 0 spiro atoms. The number of phenolic OH excluding ortho intramolecular Hbond substituents is 1. The highest BCUT2D eigenvalue weighted by Gasteiger charge is 2.24. The maximum Gasteiger partial charge on any atom is 0.524 e. The van der Waals surface area contributed by atoms with Crippen molar-refractivity contribution >= 4 is 35.6 Å². The Hall–Kier alpha value is -3.21. The molecule has 7 N–H and O–H groups in total. The number of hydrogen-bond donors (Lipinski definition) is 5. The minimum absolute atomic E-state index is 0.141. The standard InChI is InChI=1S/C25H32N5O6P/c1-2-3-7-21-29-22-23(30(21)15-17-5-4-6-20(31)24(17)36-37(32,33)34)18-14-16(10-12-35-13-11-26)8-9-19(18)28-25(22)27/h4-6,8-9,14,31H,2-3,7,10-13,15,26H2,1H3,(H2,27,28)(H2,32,33,34). The third-order valence-corrected chi connectivity index (χ3v) is 6.43. The van der Waals surface area contributed by atoms with Gasteiger partial charge in [-0.25, -0.2) is 14.5 Å². The van der Waals surface area contributed by atoms with E-state index in [0.717, 1.165) is 35.1 Å². The van der Waals surface area contributed by atoms with Crippen LogP contribution < -0.4 is 16.0 Å². The van der Waals surface area contributed by atoms with Gasteiger partial charge in [-0.1, -0.05) is 31.5 Å². The molecule has 0 bridgehead atoms. The number of rotatable bonds is 12. The highest BCUT2D eigenvalue weighted by Crippen LogP contribution is 2.44. The van der Waals surface area contributed by atoms with E-state index in [1.807, 2.05) is 22.8 Å². The predicted octanol–water partition coefficient (Wildman–Crippen LogP) is 3.25. The van der Waals surface area contributed by atoms with Crippen LogP contribution in [0, 0.1) is 0 Å². The number of fused-ring (bicyclic) bond motifs is 3. The van der Waals surface area contributed by atoms with Gasteiger partial charge in [0.1, 0.15) is 11.3 Å². The molecule has 0 aliphatic carbocycles. The summed E-state index contributed by atoms with van der Waals surface area (Å²) in [5.74, 6) is 0.398. The smallest absolute Gasteiger partial charge is 0.504 e. The third-order valence-electron chi connectivity index (χ3n) is 6.01. The molecule has 0 amide bonds. The molecule has 0 aliphatic heterocycles. The van der Waals surface area contributed by atoms with Crippen molar-refractivity contribution in [3.8, 4) is 11.5 Å². The Morgan fingerprint density at radius 1 is 1.11 bits per heavy atom. The van der Waals surface area contributed by atoms with Gasteiger partial charge in [-0.05, 0) is 36.6 Å². The summed E-state index contributed by atoms with van der Waals surface area (Å²) >= 11 is 0. The molecule has 4 rings (SSSR count). The van der Waals surface area contributed by atoms with Crippen LogP contribution in [-0.4, -0.2) is 49.2 Å². The van der Waals surface area contributed by atoms with Crippen molar-refractivity contribution in [1.29, 1.82) is 0 Å². The number of imidazole rings is 1. The molecule has 198 valence electrons. The van der Waals surface area contributed by atoms with E-state index in [4.69, 9.17) is 25.7 Å². The summed E-state index contributed by atoms with van der Waals surface area (Å²) in [6.45, 7) is 3.71. The SMILES string of the molecule is CCCCc1nc2c(N)nc3ccc(CCOCCN)cc3c2n1Cc1cccc(O)c1OP(=O)(O)O. The van der Waals surface area contributed by atoms with E-state index in [1.165, 1.54) is 6.07 Å². The van der Waals surface area contributed by atoms with Gasteiger partial charge in [-0.2, -0.15) is 0 Å². The van der Waals surface area contributed by atoms with Gasteiger partial charge in [-0.15, -0.1) is 0 Å². The zero-order chi connectivity index (χ0) is 26.6. The summed E-state index contributed by atoms with van der Waals surface area (Å²) in [4.78, 5) is 28.2. The summed E-state index contributed by atoms with van der Waals surface area (Å²) in [5.41, 5.74) is 15.3. The first-order valence-corrected chi connectivity index (χ1v) is 13.7. The van der Waals surface area contributed by atoms with Gasteiger partial charge in [0, 0.05) is 23.9 Å². The molecular weight excluding hydrogens is 497 g/mol. The fourth-order valence-electron chi connectivity index (χ4n) is 4.32. The number of aromatic nitrogens is 3. The van der Waals surface area contributed by atoms with Crippen LogP contribution in [0.2, 0.25) is 0 Å². The van der Waals surface area contributed by atoms with Crippen molar-refractivity contribution in [2.24, 2.45) is 5.73 Å². The lowest BCUT2D eigenvalue weighted by molar-refractivity contribution is 0.145. The summed E-state index contributed by atoms with van der Waals surface area (Å²) in [7, 11) is -4.91.